The zero-order chi connectivity index (χ0) is 17.9. The molecule has 2 rings (SSSR count). The number of carboxylic acids is 1. The fourth-order valence-electron chi connectivity index (χ4n) is 2.53. The SMILES string of the molecule is COc1cc([N+](=O)[O-])ccc1NC(=O)[C@H]1CC(Cl)=CC[C@H]1C(=O)O. The average molecular weight is 355 g/mol. The molecule has 0 spiro atoms. The molecule has 2 atom stereocenters. The largest absolute Gasteiger partial charge is 0.494 e. The standard InChI is InChI=1S/C15H15ClN2O6/c1-24-13-7-9(18(22)23)3-5-12(13)17-14(19)11-6-8(16)2-4-10(11)15(20)21/h2-3,5,7,10-11H,4,6H2,1H3,(H,17,19)(H,20,21)/t10-,11+/m1/s1. The highest BCUT2D eigenvalue weighted by Gasteiger charge is 2.36. The Hall–Kier alpha value is -2.61. The summed E-state index contributed by atoms with van der Waals surface area (Å²) in [6.45, 7) is 0. The highest BCUT2D eigenvalue weighted by molar-refractivity contribution is 6.29. The van der Waals surface area contributed by atoms with Crippen LogP contribution in [0, 0.1) is 22.0 Å². The van der Waals surface area contributed by atoms with Crippen molar-refractivity contribution in [1.29, 1.82) is 0 Å². The van der Waals surface area contributed by atoms with E-state index in [0.717, 1.165) is 0 Å². The number of nitrogens with one attached hydrogen (secondary N) is 1. The lowest BCUT2D eigenvalue weighted by Gasteiger charge is -2.26. The van der Waals surface area contributed by atoms with Crippen LogP contribution in [0.25, 0.3) is 0 Å². The highest BCUT2D eigenvalue weighted by Crippen LogP contribution is 2.34. The number of halogens is 1. The first-order chi connectivity index (χ1) is 11.3. The summed E-state index contributed by atoms with van der Waals surface area (Å²) in [4.78, 5) is 34.0. The number of hydrogen-bond donors (Lipinski definition) is 2. The Morgan fingerprint density at radius 1 is 1.42 bits per heavy atom. The van der Waals surface area contributed by atoms with Gasteiger partial charge >= 0.3 is 5.97 Å². The number of methoxy groups -OCH3 is 1. The zero-order valence-corrected chi connectivity index (χ0v) is 13.4. The number of non-ortho nitro benzene ring substituents is 1. The number of anilines is 1. The molecule has 9 heteroatoms. The van der Waals surface area contributed by atoms with E-state index in [1.54, 1.807) is 6.08 Å². The van der Waals surface area contributed by atoms with Gasteiger partial charge in [0, 0.05) is 11.1 Å². The number of ether oxygens (including phenoxy) is 1. The Kier molecular flexibility index (Phi) is 5.40. The minimum atomic E-state index is -1.08. The molecule has 0 bridgehead atoms. The van der Waals surface area contributed by atoms with Gasteiger partial charge in [0.2, 0.25) is 5.91 Å². The van der Waals surface area contributed by atoms with Gasteiger partial charge in [-0.05, 0) is 18.9 Å². The van der Waals surface area contributed by atoms with Crippen molar-refractivity contribution in [3.8, 4) is 5.75 Å². The Morgan fingerprint density at radius 3 is 2.71 bits per heavy atom. The van der Waals surface area contributed by atoms with Crippen LogP contribution in [-0.4, -0.2) is 29.0 Å². The maximum absolute atomic E-state index is 12.5. The van der Waals surface area contributed by atoms with Gasteiger partial charge in [0.25, 0.3) is 5.69 Å². The first-order valence-electron chi connectivity index (χ1n) is 7.04. The van der Waals surface area contributed by atoms with E-state index in [9.17, 15) is 24.8 Å². The number of carbonyl (C=O) groups is 2. The molecule has 0 heterocycles. The van der Waals surface area contributed by atoms with Crippen molar-refractivity contribution in [2.75, 3.05) is 12.4 Å². The number of hydrogen-bond acceptors (Lipinski definition) is 5. The van der Waals surface area contributed by atoms with Gasteiger partial charge in [0.05, 0.1) is 35.6 Å². The van der Waals surface area contributed by atoms with Crippen LogP contribution < -0.4 is 10.1 Å². The zero-order valence-electron chi connectivity index (χ0n) is 12.7. The van der Waals surface area contributed by atoms with Crippen LogP contribution in [0.2, 0.25) is 0 Å². The third-order valence-corrected chi connectivity index (χ3v) is 4.11. The molecule has 1 aromatic rings. The molecule has 1 aromatic carbocycles. The molecular formula is C15H15ClN2O6. The predicted octanol–water partition coefficient (Wildman–Crippen LogP) is 2.78. The van der Waals surface area contributed by atoms with Crippen molar-refractivity contribution >= 4 is 34.9 Å². The third-order valence-electron chi connectivity index (χ3n) is 3.80. The second-order valence-electron chi connectivity index (χ2n) is 5.27. The van der Waals surface area contributed by atoms with Crippen molar-refractivity contribution in [2.45, 2.75) is 12.8 Å². The van der Waals surface area contributed by atoms with Crippen molar-refractivity contribution in [3.05, 3.63) is 39.4 Å². The van der Waals surface area contributed by atoms with E-state index < -0.39 is 28.6 Å². The van der Waals surface area contributed by atoms with Crippen molar-refractivity contribution < 1.29 is 24.4 Å². The second-order valence-corrected chi connectivity index (χ2v) is 5.76. The summed E-state index contributed by atoms with van der Waals surface area (Å²) >= 11 is 5.93. The van der Waals surface area contributed by atoms with Crippen LogP contribution in [0.3, 0.4) is 0 Å². The van der Waals surface area contributed by atoms with E-state index in [1.807, 2.05) is 0 Å². The fourth-order valence-corrected chi connectivity index (χ4v) is 2.78. The molecule has 0 fully saturated rings. The lowest BCUT2D eigenvalue weighted by atomic mass is 9.82. The molecule has 24 heavy (non-hydrogen) atoms. The predicted molar refractivity (Wildman–Crippen MR) is 86.1 cm³/mol. The smallest absolute Gasteiger partial charge is 0.307 e. The normalized spacial score (nSPS) is 20.0. The van der Waals surface area contributed by atoms with Gasteiger partial charge in [-0.1, -0.05) is 17.7 Å². The second kappa shape index (κ2) is 7.31. The minimum absolute atomic E-state index is 0.113. The lowest BCUT2D eigenvalue weighted by molar-refractivity contribution is -0.384. The van der Waals surface area contributed by atoms with Gasteiger partial charge in [-0.25, -0.2) is 0 Å². The van der Waals surface area contributed by atoms with Gasteiger partial charge < -0.3 is 15.2 Å². The van der Waals surface area contributed by atoms with Gasteiger partial charge in [-0.2, -0.15) is 0 Å². The van der Waals surface area contributed by atoms with Gasteiger partial charge in [0.1, 0.15) is 5.75 Å². The number of carboxylic acid groups (broad SMARTS) is 1. The van der Waals surface area contributed by atoms with Crippen LogP contribution in [0.4, 0.5) is 11.4 Å². The summed E-state index contributed by atoms with van der Waals surface area (Å²) in [5, 5.41) is 23.0. The molecular weight excluding hydrogens is 340 g/mol. The topological polar surface area (TPSA) is 119 Å². The van der Waals surface area contributed by atoms with Gasteiger partial charge in [-0.15, -0.1) is 0 Å². The number of nitro benzene ring substituents is 1. The molecule has 0 unspecified atom stereocenters. The number of amides is 1. The number of nitrogens with zero attached hydrogens (tertiary/aromatic N) is 1. The maximum atomic E-state index is 12.5. The molecule has 0 aromatic heterocycles. The first-order valence-corrected chi connectivity index (χ1v) is 7.42. The van der Waals surface area contributed by atoms with E-state index in [-0.39, 0.29) is 30.0 Å². The van der Waals surface area contributed by atoms with E-state index in [2.05, 4.69) is 5.32 Å². The Labute approximate surface area is 142 Å². The highest BCUT2D eigenvalue weighted by atomic mass is 35.5. The van der Waals surface area contributed by atoms with E-state index in [1.165, 1.54) is 25.3 Å². The summed E-state index contributed by atoms with van der Waals surface area (Å²) in [5.74, 6) is -3.20. The summed E-state index contributed by atoms with van der Waals surface area (Å²) in [5.41, 5.74) is 0.0415. The van der Waals surface area contributed by atoms with Crippen molar-refractivity contribution in [3.63, 3.8) is 0 Å². The van der Waals surface area contributed by atoms with Crippen LogP contribution >= 0.6 is 11.6 Å². The number of benzene rings is 1. The summed E-state index contributed by atoms with van der Waals surface area (Å²) in [6.07, 6.45) is 1.89. The van der Waals surface area contributed by atoms with Crippen molar-refractivity contribution in [1.82, 2.24) is 0 Å². The van der Waals surface area contributed by atoms with E-state index in [4.69, 9.17) is 16.3 Å². The Morgan fingerprint density at radius 2 is 2.12 bits per heavy atom. The quantitative estimate of drug-likeness (QED) is 0.619. The third kappa shape index (κ3) is 3.83. The number of rotatable bonds is 5. The minimum Gasteiger partial charge on any atom is -0.494 e. The van der Waals surface area contributed by atoms with Crippen LogP contribution in [0.5, 0.6) is 5.75 Å². The lowest BCUT2D eigenvalue weighted by Crippen LogP contribution is -2.35. The molecule has 0 aliphatic heterocycles. The number of aliphatic carboxylic acids is 1. The molecule has 1 amide bonds. The molecule has 0 saturated heterocycles. The Balaban J connectivity index is 2.23. The average Bonchev–Trinajstić information content (AvgIpc) is 2.54. The van der Waals surface area contributed by atoms with Gasteiger partial charge in [-0.3, -0.25) is 19.7 Å². The monoisotopic (exact) mass is 354 g/mol. The molecule has 1 aliphatic rings. The summed E-state index contributed by atoms with van der Waals surface area (Å²) in [7, 11) is 1.31. The molecule has 0 radical (unpaired) electrons. The molecule has 8 nitrogen and oxygen atoms in total. The number of nitro groups is 1. The van der Waals surface area contributed by atoms with Crippen LogP contribution in [-0.2, 0) is 9.59 Å². The molecule has 2 N–H and O–H groups in total. The number of allylic oxidation sites excluding steroid dienone is 2. The Bertz CT molecular complexity index is 718. The fraction of sp³-hybridized carbons (Fsp3) is 0.333. The maximum Gasteiger partial charge on any atom is 0.307 e. The van der Waals surface area contributed by atoms with Crippen LogP contribution in [0.15, 0.2) is 29.3 Å². The van der Waals surface area contributed by atoms with Crippen LogP contribution in [0.1, 0.15) is 12.8 Å². The molecule has 128 valence electrons. The first kappa shape index (κ1) is 17.7. The van der Waals surface area contributed by atoms with E-state index >= 15 is 0 Å². The summed E-state index contributed by atoms with van der Waals surface area (Å²) in [6, 6.07) is 3.74. The molecule has 1 aliphatic carbocycles. The number of carbonyl (C=O) groups excluding carboxylic acids is 1. The van der Waals surface area contributed by atoms with Crippen molar-refractivity contribution in [2.24, 2.45) is 11.8 Å². The van der Waals surface area contributed by atoms with Gasteiger partial charge in [0.15, 0.2) is 0 Å². The summed E-state index contributed by atoms with van der Waals surface area (Å²) < 4.78 is 5.05. The molecule has 0 saturated carbocycles. The van der Waals surface area contributed by atoms with E-state index in [0.29, 0.717) is 5.03 Å².